The first-order chi connectivity index (χ1) is 2.41. The van der Waals surface area contributed by atoms with Crippen LogP contribution in [0.15, 0.2) is 0 Å². The molecule has 41 valence electrons. The largest absolute Gasteiger partial charge is 0.316 e. The zero-order chi connectivity index (χ0) is 4.12. The quantitative estimate of drug-likeness (QED) is 0.513. The van der Waals surface area contributed by atoms with E-state index >= 15 is 0 Å². The van der Waals surface area contributed by atoms with Gasteiger partial charge in [0.1, 0.15) is 0 Å². The van der Waals surface area contributed by atoms with E-state index in [1.165, 1.54) is 10.6 Å². The van der Waals surface area contributed by atoms with Gasteiger partial charge in [0.15, 0.2) is 15.2 Å². The van der Waals surface area contributed by atoms with E-state index in [-0.39, 0.29) is 35.5 Å². The molecule has 0 spiro atoms. The van der Waals surface area contributed by atoms with Crippen LogP contribution in [0.4, 0.5) is 0 Å². The maximum Gasteiger partial charge on any atom is 0.316 e. The van der Waals surface area contributed by atoms with Crippen molar-refractivity contribution in [2.75, 3.05) is 0 Å². The van der Waals surface area contributed by atoms with Crippen LogP contribution in [0.5, 0.6) is 0 Å². The fourth-order valence-corrected chi connectivity index (χ4v) is 0.866. The summed E-state index contributed by atoms with van der Waals surface area (Å²) in [5.41, 5.74) is 0. The van der Waals surface area contributed by atoms with E-state index in [0.29, 0.717) is 0 Å². The van der Waals surface area contributed by atoms with Gasteiger partial charge >= 0.3 is 23.1 Å². The molecule has 0 atom stereocenters. The van der Waals surface area contributed by atoms with Crippen LogP contribution < -0.4 is 0 Å². The summed E-state index contributed by atoms with van der Waals surface area (Å²) in [5.74, 6) is 0. The van der Waals surface area contributed by atoms with E-state index in [2.05, 4.69) is 13.8 Å². The highest BCUT2D eigenvalue weighted by Gasteiger charge is 1.74. The van der Waals surface area contributed by atoms with Crippen molar-refractivity contribution in [3.8, 4) is 0 Å². The minimum absolute atomic E-state index is 0. The first-order valence-corrected chi connectivity index (χ1v) is 3.86. The van der Waals surface area contributed by atoms with Gasteiger partial charge in [0.05, 0.1) is 0 Å². The Bertz CT molecular complexity index is 19.2. The molecule has 0 aromatic rings. The molecule has 0 amide bonds. The normalized spacial score (nSPS) is 5.43. The summed E-state index contributed by atoms with van der Waals surface area (Å²) in [5, 5.41) is 2.85. The number of halogens is 1. The Balaban J connectivity index is -0.0000000800. The monoisotopic (exact) mass is 147 g/mol. The Morgan fingerprint density at radius 2 is 1.43 bits per heavy atom. The van der Waals surface area contributed by atoms with E-state index in [1.807, 2.05) is 0 Å². The zero-order valence-electron chi connectivity index (χ0n) is 4.40. The van der Waals surface area contributed by atoms with Gasteiger partial charge in [0.2, 0.25) is 0 Å². The summed E-state index contributed by atoms with van der Waals surface area (Å²) in [6, 6.07) is 0. The van der Waals surface area contributed by atoms with Crippen molar-refractivity contribution < 1.29 is 0 Å². The lowest BCUT2D eigenvalue weighted by Crippen LogP contribution is -1.76. The summed E-state index contributed by atoms with van der Waals surface area (Å²) in [4.78, 5) is 0. The van der Waals surface area contributed by atoms with Gasteiger partial charge in [-0.25, -0.2) is 0 Å². The second kappa shape index (κ2) is 15.6. The molecular formula is C4H13AlClMg. The molecule has 0 bridgehead atoms. The van der Waals surface area contributed by atoms with E-state index in [4.69, 9.17) is 0 Å². The highest BCUT2D eigenvalue weighted by Crippen LogP contribution is 1.77. The van der Waals surface area contributed by atoms with E-state index in [9.17, 15) is 0 Å². The molecule has 0 heterocycles. The molecule has 0 saturated carbocycles. The highest BCUT2D eigenvalue weighted by atomic mass is 35.5. The van der Waals surface area contributed by atoms with Crippen LogP contribution in [-0.2, 0) is 0 Å². The molecule has 7 heavy (non-hydrogen) atoms. The molecule has 0 saturated heterocycles. The van der Waals surface area contributed by atoms with Gasteiger partial charge in [-0.3, -0.25) is 0 Å². The average molecular weight is 148 g/mol. The van der Waals surface area contributed by atoms with Crippen LogP contribution in [-0.4, -0.2) is 38.3 Å². The fraction of sp³-hybridized carbons (Fsp3) is 1.00. The molecule has 0 fully saturated rings. The molecule has 0 unspecified atom stereocenters. The molecule has 0 aromatic heterocycles. The summed E-state index contributed by atoms with van der Waals surface area (Å²) < 4.78 is 0. The molecule has 3 heteroatoms. The lowest BCUT2D eigenvalue weighted by Gasteiger charge is -1.74. The third-order valence-corrected chi connectivity index (χ3v) is 1.73. The average Bonchev–Trinajstić information content (AvgIpc) is 1.41. The van der Waals surface area contributed by atoms with Gasteiger partial charge in [0, 0.05) is 0 Å². The third kappa shape index (κ3) is 18.4. The number of rotatable bonds is 2. The maximum atomic E-state index is 2.25. The van der Waals surface area contributed by atoms with Crippen molar-refractivity contribution in [2.45, 2.75) is 24.4 Å². The van der Waals surface area contributed by atoms with Crippen molar-refractivity contribution in [3.05, 3.63) is 0 Å². The van der Waals surface area contributed by atoms with Gasteiger partial charge < -0.3 is 0 Å². The van der Waals surface area contributed by atoms with Crippen LogP contribution in [0, 0.1) is 0 Å². The van der Waals surface area contributed by atoms with E-state index in [0.717, 1.165) is 15.2 Å². The van der Waals surface area contributed by atoms with E-state index < -0.39 is 0 Å². The second-order valence-electron chi connectivity index (χ2n) is 1.11. The Morgan fingerprint density at radius 1 is 1.14 bits per heavy atom. The first kappa shape index (κ1) is 15.8. The molecule has 0 aliphatic heterocycles. The van der Waals surface area contributed by atoms with Gasteiger partial charge in [0.25, 0.3) is 0 Å². The molecule has 0 nitrogen and oxygen atoms in total. The van der Waals surface area contributed by atoms with Crippen molar-refractivity contribution in [2.24, 2.45) is 0 Å². The van der Waals surface area contributed by atoms with Crippen LogP contribution in [0.1, 0.15) is 13.8 Å². The van der Waals surface area contributed by atoms with E-state index in [1.54, 1.807) is 0 Å². The van der Waals surface area contributed by atoms with Crippen LogP contribution >= 0.6 is 12.4 Å². The van der Waals surface area contributed by atoms with Crippen LogP contribution in [0.2, 0.25) is 10.6 Å². The Hall–Kier alpha value is 1.59. The number of hydrogen-bond donors (Lipinski definition) is 0. The molecular weight excluding hydrogens is 135 g/mol. The predicted octanol–water partition coefficient (Wildman–Crippen LogP) is 1.07. The van der Waals surface area contributed by atoms with Crippen molar-refractivity contribution >= 4 is 50.7 Å². The SMILES string of the molecule is C[CH2][Al][CH2]C.Cl.[MgH2]. The summed E-state index contributed by atoms with van der Waals surface area (Å²) in [7, 11) is 0. The Morgan fingerprint density at radius 3 is 1.43 bits per heavy atom. The fourth-order valence-electron chi connectivity index (χ4n) is 0.289. The van der Waals surface area contributed by atoms with Gasteiger partial charge in [-0.05, 0) is 0 Å². The molecule has 0 N–H and O–H groups in total. The lowest BCUT2D eigenvalue weighted by molar-refractivity contribution is 1.36. The molecule has 1 radical (unpaired) electrons. The molecule has 0 aliphatic carbocycles. The lowest BCUT2D eigenvalue weighted by atomic mass is 10.9. The molecule has 0 aromatic carbocycles. The second-order valence-corrected chi connectivity index (χ2v) is 3.32. The van der Waals surface area contributed by atoms with Gasteiger partial charge in [-0.1, -0.05) is 13.8 Å². The number of hydrogen-bond acceptors (Lipinski definition) is 0. The van der Waals surface area contributed by atoms with Crippen LogP contribution in [0.25, 0.3) is 0 Å². The Labute approximate surface area is 74.7 Å². The van der Waals surface area contributed by atoms with Gasteiger partial charge in [-0.2, -0.15) is 0 Å². The molecule has 0 aliphatic rings. The third-order valence-electron chi connectivity index (χ3n) is 0.577. The van der Waals surface area contributed by atoms with Crippen molar-refractivity contribution in [1.29, 1.82) is 0 Å². The summed E-state index contributed by atoms with van der Waals surface area (Å²) >= 11 is 0.815. The maximum absolute atomic E-state index is 2.25. The highest BCUT2D eigenvalue weighted by molar-refractivity contribution is 6.34. The minimum Gasteiger partial charge on any atom is -0.147 e. The molecule has 0 rings (SSSR count). The van der Waals surface area contributed by atoms with Gasteiger partial charge in [-0.15, -0.1) is 23.0 Å². The minimum atomic E-state index is 0. The summed E-state index contributed by atoms with van der Waals surface area (Å²) in [6.07, 6.45) is 0. The first-order valence-electron chi connectivity index (χ1n) is 2.23. The smallest absolute Gasteiger partial charge is 0.147 e. The topological polar surface area (TPSA) is 0 Å². The Kier molecular flexibility index (Phi) is 35.4. The summed E-state index contributed by atoms with van der Waals surface area (Å²) in [6.45, 7) is 4.50. The van der Waals surface area contributed by atoms with Crippen molar-refractivity contribution in [1.82, 2.24) is 0 Å². The van der Waals surface area contributed by atoms with Crippen molar-refractivity contribution in [3.63, 3.8) is 0 Å². The standard InChI is InChI=1S/2C2H5.Al.ClH.Mg.2H/c2*1-2;;;;;/h2*1H2,2H3;;1H;;;. The van der Waals surface area contributed by atoms with Crippen LogP contribution in [0.3, 0.4) is 0 Å². The predicted molar refractivity (Wildman–Crippen MR) is 42.5 cm³/mol. The zero-order valence-corrected chi connectivity index (χ0v) is 6.37.